The van der Waals surface area contributed by atoms with Gasteiger partial charge < -0.3 is 10.2 Å². The number of hydrogen-bond acceptors (Lipinski definition) is 2. The van der Waals surface area contributed by atoms with Crippen molar-refractivity contribution in [1.82, 2.24) is 10.2 Å². The molecule has 2 atom stereocenters. The Bertz CT molecular complexity index is 299. The number of amides is 1. The van der Waals surface area contributed by atoms with E-state index in [1.54, 1.807) is 0 Å². The predicted octanol–water partition coefficient (Wildman–Crippen LogP) is 3.19. The summed E-state index contributed by atoms with van der Waals surface area (Å²) >= 11 is 0. The number of nitrogens with zero attached hydrogens (tertiary/aromatic N) is 1. The smallest absolute Gasteiger partial charge is 0.222 e. The van der Waals surface area contributed by atoms with Crippen molar-refractivity contribution in [3.05, 3.63) is 0 Å². The molecule has 1 N–H and O–H groups in total. The summed E-state index contributed by atoms with van der Waals surface area (Å²) in [6, 6.07) is 0.523. The topological polar surface area (TPSA) is 32.3 Å². The van der Waals surface area contributed by atoms with Gasteiger partial charge >= 0.3 is 0 Å². The Kier molecular flexibility index (Phi) is 6.34. The summed E-state index contributed by atoms with van der Waals surface area (Å²) in [6.07, 6.45) is 9.94. The van der Waals surface area contributed by atoms with E-state index in [9.17, 15) is 4.79 Å². The molecular weight excluding hydrogens is 248 g/mol. The minimum atomic E-state index is 0.385. The number of rotatable bonds is 7. The highest BCUT2D eigenvalue weighted by Gasteiger charge is 2.32. The molecule has 0 aromatic heterocycles. The van der Waals surface area contributed by atoms with Gasteiger partial charge in [0.25, 0.3) is 0 Å². The zero-order chi connectivity index (χ0) is 14.4. The van der Waals surface area contributed by atoms with Gasteiger partial charge in [-0.15, -0.1) is 0 Å². The van der Waals surface area contributed by atoms with E-state index < -0.39 is 0 Å². The Morgan fingerprint density at radius 2 is 2.00 bits per heavy atom. The lowest BCUT2D eigenvalue weighted by atomic mass is 9.83. The fraction of sp³-hybridized carbons (Fsp3) is 0.941. The van der Waals surface area contributed by atoms with Crippen LogP contribution < -0.4 is 5.32 Å². The normalized spacial score (nSPS) is 26.2. The monoisotopic (exact) mass is 280 g/mol. The maximum atomic E-state index is 12.1. The molecule has 1 amide bonds. The number of hydrogen-bond donors (Lipinski definition) is 1. The van der Waals surface area contributed by atoms with Crippen LogP contribution >= 0.6 is 0 Å². The Hall–Kier alpha value is -0.570. The molecular formula is C17H32N2O. The lowest BCUT2D eigenvalue weighted by Gasteiger charge is -2.34. The quantitative estimate of drug-likeness (QED) is 0.777. The molecule has 2 unspecified atom stereocenters. The highest BCUT2D eigenvalue weighted by molar-refractivity contribution is 5.78. The van der Waals surface area contributed by atoms with E-state index >= 15 is 0 Å². The molecule has 3 nitrogen and oxygen atoms in total. The van der Waals surface area contributed by atoms with E-state index in [1.807, 2.05) is 0 Å². The molecule has 0 aromatic rings. The van der Waals surface area contributed by atoms with Gasteiger partial charge in [0.2, 0.25) is 5.91 Å². The van der Waals surface area contributed by atoms with E-state index in [4.69, 9.17) is 0 Å². The summed E-state index contributed by atoms with van der Waals surface area (Å²) in [6.45, 7) is 7.45. The second kappa shape index (κ2) is 8.02. The summed E-state index contributed by atoms with van der Waals surface area (Å²) in [5.41, 5.74) is 0. The van der Waals surface area contributed by atoms with Crippen LogP contribution in [0.15, 0.2) is 0 Å². The first-order chi connectivity index (χ1) is 9.74. The fourth-order valence-corrected chi connectivity index (χ4v) is 3.79. The molecule has 1 aliphatic heterocycles. The van der Waals surface area contributed by atoms with Gasteiger partial charge in [0.05, 0.1) is 0 Å². The van der Waals surface area contributed by atoms with Crippen LogP contribution in [0.25, 0.3) is 0 Å². The predicted molar refractivity (Wildman–Crippen MR) is 83.6 cm³/mol. The lowest BCUT2D eigenvalue weighted by molar-refractivity contribution is -0.128. The van der Waals surface area contributed by atoms with Crippen LogP contribution in [-0.4, -0.2) is 36.5 Å². The van der Waals surface area contributed by atoms with Crippen LogP contribution in [-0.2, 0) is 4.79 Å². The Morgan fingerprint density at radius 3 is 2.60 bits per heavy atom. The lowest BCUT2D eigenvalue weighted by Crippen LogP contribution is -2.47. The largest absolute Gasteiger partial charge is 0.341 e. The van der Waals surface area contributed by atoms with Crippen molar-refractivity contribution in [3.63, 3.8) is 0 Å². The average Bonchev–Trinajstić information content (AvgIpc) is 2.84. The van der Waals surface area contributed by atoms with Crippen molar-refractivity contribution < 1.29 is 4.79 Å². The summed E-state index contributed by atoms with van der Waals surface area (Å²) in [5.74, 6) is 1.76. The average molecular weight is 280 g/mol. The Morgan fingerprint density at radius 1 is 1.25 bits per heavy atom. The molecule has 2 aliphatic rings. The third kappa shape index (κ3) is 4.21. The number of likely N-dealkylation sites (tertiary alicyclic amines) is 1. The maximum absolute atomic E-state index is 12.1. The van der Waals surface area contributed by atoms with Crippen molar-refractivity contribution in [2.24, 2.45) is 11.8 Å². The molecule has 2 rings (SSSR count). The maximum Gasteiger partial charge on any atom is 0.222 e. The van der Waals surface area contributed by atoms with Crippen LogP contribution in [0.4, 0.5) is 0 Å². The van der Waals surface area contributed by atoms with E-state index in [-0.39, 0.29) is 0 Å². The third-order valence-electron chi connectivity index (χ3n) is 5.16. The zero-order valence-corrected chi connectivity index (χ0v) is 13.4. The van der Waals surface area contributed by atoms with Crippen molar-refractivity contribution in [1.29, 1.82) is 0 Å². The van der Waals surface area contributed by atoms with Gasteiger partial charge in [-0.05, 0) is 37.6 Å². The van der Waals surface area contributed by atoms with Gasteiger partial charge in [0.1, 0.15) is 0 Å². The third-order valence-corrected chi connectivity index (χ3v) is 5.16. The Balaban J connectivity index is 1.90. The highest BCUT2D eigenvalue weighted by Crippen LogP contribution is 2.28. The van der Waals surface area contributed by atoms with Crippen LogP contribution in [0, 0.1) is 11.8 Å². The summed E-state index contributed by atoms with van der Waals surface area (Å²) in [5, 5.41) is 3.73. The molecule has 0 radical (unpaired) electrons. The molecule has 3 heteroatoms. The standard InChI is InChI=1S/C17H32N2O/c1-3-10-18-16(15-8-6-5-7-9-15)13-19-12-14(4-2)11-17(19)20/h14-16,18H,3-13H2,1-2H3. The van der Waals surface area contributed by atoms with Gasteiger partial charge in [0.15, 0.2) is 0 Å². The van der Waals surface area contributed by atoms with E-state index in [0.717, 1.165) is 38.4 Å². The molecule has 1 saturated carbocycles. The molecule has 1 heterocycles. The Labute approximate surface area is 124 Å². The summed E-state index contributed by atoms with van der Waals surface area (Å²) < 4.78 is 0. The van der Waals surface area contributed by atoms with E-state index in [2.05, 4.69) is 24.1 Å². The number of nitrogens with one attached hydrogen (secondary N) is 1. The van der Waals surface area contributed by atoms with E-state index in [0.29, 0.717) is 17.9 Å². The fourth-order valence-electron chi connectivity index (χ4n) is 3.79. The van der Waals surface area contributed by atoms with Gasteiger partial charge in [-0.1, -0.05) is 39.5 Å². The van der Waals surface area contributed by atoms with Crippen LogP contribution in [0.5, 0.6) is 0 Å². The minimum absolute atomic E-state index is 0.385. The molecule has 2 fully saturated rings. The molecule has 20 heavy (non-hydrogen) atoms. The van der Waals surface area contributed by atoms with Gasteiger partial charge in [-0.25, -0.2) is 0 Å². The van der Waals surface area contributed by atoms with Crippen molar-refractivity contribution in [3.8, 4) is 0 Å². The number of carbonyl (C=O) groups excluding carboxylic acids is 1. The second-order valence-corrected chi connectivity index (χ2v) is 6.74. The molecule has 0 bridgehead atoms. The van der Waals surface area contributed by atoms with Gasteiger partial charge in [-0.2, -0.15) is 0 Å². The van der Waals surface area contributed by atoms with E-state index in [1.165, 1.54) is 38.5 Å². The molecule has 1 saturated heterocycles. The summed E-state index contributed by atoms with van der Waals surface area (Å²) in [4.78, 5) is 14.3. The van der Waals surface area contributed by atoms with Crippen LogP contribution in [0.2, 0.25) is 0 Å². The second-order valence-electron chi connectivity index (χ2n) is 6.74. The first-order valence-electron chi connectivity index (χ1n) is 8.75. The van der Waals surface area contributed by atoms with Crippen molar-refractivity contribution in [2.45, 2.75) is 71.3 Å². The first kappa shape index (κ1) is 15.8. The van der Waals surface area contributed by atoms with Crippen LogP contribution in [0.3, 0.4) is 0 Å². The number of carbonyl (C=O) groups is 1. The molecule has 0 aromatic carbocycles. The van der Waals surface area contributed by atoms with Crippen molar-refractivity contribution in [2.75, 3.05) is 19.6 Å². The molecule has 116 valence electrons. The minimum Gasteiger partial charge on any atom is -0.341 e. The van der Waals surface area contributed by atoms with Crippen molar-refractivity contribution >= 4 is 5.91 Å². The van der Waals surface area contributed by atoms with Crippen LogP contribution in [0.1, 0.15) is 65.2 Å². The van der Waals surface area contributed by atoms with Gasteiger partial charge in [-0.3, -0.25) is 4.79 Å². The zero-order valence-electron chi connectivity index (χ0n) is 13.4. The highest BCUT2D eigenvalue weighted by atomic mass is 16.2. The SMILES string of the molecule is CCCNC(CN1CC(CC)CC1=O)C1CCCCC1. The molecule has 1 aliphatic carbocycles. The first-order valence-corrected chi connectivity index (χ1v) is 8.75. The molecule has 0 spiro atoms. The van der Waals surface area contributed by atoms with Gasteiger partial charge in [0, 0.05) is 25.6 Å². The summed E-state index contributed by atoms with van der Waals surface area (Å²) in [7, 11) is 0.